The Morgan fingerprint density at radius 2 is 2.38 bits per heavy atom. The number of rotatable bonds is 2. The van der Waals surface area contributed by atoms with Crippen LogP contribution >= 0.6 is 15.9 Å². The fraction of sp³-hybridized carbons (Fsp3) is 0.800. The van der Waals surface area contributed by atoms with Crippen molar-refractivity contribution >= 4 is 21.6 Å². The van der Waals surface area contributed by atoms with Gasteiger partial charge >= 0.3 is 0 Å². The Labute approximate surface area is 57.7 Å². The second-order valence-electron chi connectivity index (χ2n) is 1.62. The van der Waals surface area contributed by atoms with Gasteiger partial charge in [-0.05, 0) is 13.3 Å². The zero-order valence-corrected chi connectivity index (χ0v) is 6.64. The van der Waals surface area contributed by atoms with Crippen LogP contribution in [0, 0.1) is 0 Å². The minimum absolute atomic E-state index is 0.229. The fourth-order valence-electron chi connectivity index (χ4n) is 0.358. The van der Waals surface area contributed by atoms with E-state index in [4.69, 9.17) is 5.21 Å². The van der Waals surface area contributed by atoms with Crippen molar-refractivity contribution in [3.8, 4) is 0 Å². The SMILES string of the molecule is CCC(Br)/C(C)=N/O. The van der Waals surface area contributed by atoms with Crippen molar-refractivity contribution in [1.29, 1.82) is 0 Å². The van der Waals surface area contributed by atoms with Crippen molar-refractivity contribution in [1.82, 2.24) is 0 Å². The first-order chi connectivity index (χ1) is 3.72. The average Bonchev–Trinajstić information content (AvgIpc) is 1.84. The summed E-state index contributed by atoms with van der Waals surface area (Å²) in [6.07, 6.45) is 0.954. The molecule has 0 radical (unpaired) electrons. The largest absolute Gasteiger partial charge is 0.411 e. The molecule has 0 amide bonds. The van der Waals surface area contributed by atoms with Crippen LogP contribution in [-0.4, -0.2) is 15.7 Å². The second-order valence-corrected chi connectivity index (χ2v) is 2.72. The monoisotopic (exact) mass is 179 g/mol. The zero-order valence-electron chi connectivity index (χ0n) is 5.06. The van der Waals surface area contributed by atoms with E-state index in [1.165, 1.54) is 0 Å². The third-order valence-electron chi connectivity index (χ3n) is 0.969. The highest BCUT2D eigenvalue weighted by atomic mass is 79.9. The summed E-state index contributed by atoms with van der Waals surface area (Å²) in [6.45, 7) is 3.80. The number of hydrogen-bond acceptors (Lipinski definition) is 2. The highest BCUT2D eigenvalue weighted by Gasteiger charge is 2.02. The molecule has 3 heteroatoms. The maximum Gasteiger partial charge on any atom is 0.0675 e. The van der Waals surface area contributed by atoms with E-state index < -0.39 is 0 Å². The van der Waals surface area contributed by atoms with Gasteiger partial charge in [-0.25, -0.2) is 0 Å². The maximum atomic E-state index is 8.19. The molecule has 2 nitrogen and oxygen atoms in total. The predicted octanol–water partition coefficient (Wildman–Crippen LogP) is 2.01. The van der Waals surface area contributed by atoms with E-state index in [1.807, 2.05) is 6.92 Å². The van der Waals surface area contributed by atoms with Gasteiger partial charge in [0.25, 0.3) is 0 Å². The van der Waals surface area contributed by atoms with Crippen LogP contribution in [0.15, 0.2) is 5.16 Å². The molecule has 0 bridgehead atoms. The lowest BCUT2D eigenvalue weighted by molar-refractivity contribution is 0.317. The van der Waals surface area contributed by atoms with Crippen LogP contribution in [0.4, 0.5) is 0 Å². The molecule has 0 aromatic heterocycles. The summed E-state index contributed by atoms with van der Waals surface area (Å²) in [6, 6.07) is 0. The van der Waals surface area contributed by atoms with Crippen molar-refractivity contribution < 1.29 is 5.21 Å². The van der Waals surface area contributed by atoms with Gasteiger partial charge in [0.2, 0.25) is 0 Å². The molecule has 0 aromatic carbocycles. The van der Waals surface area contributed by atoms with Gasteiger partial charge in [-0.1, -0.05) is 28.0 Å². The molecule has 0 saturated heterocycles. The fourth-order valence-corrected chi connectivity index (χ4v) is 0.450. The van der Waals surface area contributed by atoms with Crippen molar-refractivity contribution in [3.05, 3.63) is 0 Å². The summed E-state index contributed by atoms with van der Waals surface area (Å²) >= 11 is 3.31. The summed E-state index contributed by atoms with van der Waals surface area (Å²) < 4.78 is 0. The normalized spacial score (nSPS) is 16.1. The van der Waals surface area contributed by atoms with E-state index in [9.17, 15) is 0 Å². The molecule has 0 heterocycles. The maximum absolute atomic E-state index is 8.19. The first kappa shape index (κ1) is 7.95. The minimum atomic E-state index is 0.229. The molecule has 0 aliphatic heterocycles. The Hall–Kier alpha value is -0.0500. The van der Waals surface area contributed by atoms with Crippen molar-refractivity contribution in [2.75, 3.05) is 0 Å². The van der Waals surface area contributed by atoms with E-state index in [1.54, 1.807) is 6.92 Å². The van der Waals surface area contributed by atoms with Gasteiger partial charge in [0.1, 0.15) is 0 Å². The van der Waals surface area contributed by atoms with E-state index in [2.05, 4.69) is 21.1 Å². The number of nitrogens with zero attached hydrogens (tertiary/aromatic N) is 1. The van der Waals surface area contributed by atoms with Gasteiger partial charge in [-0.3, -0.25) is 0 Å². The van der Waals surface area contributed by atoms with Crippen molar-refractivity contribution in [3.63, 3.8) is 0 Å². The third-order valence-corrected chi connectivity index (χ3v) is 2.28. The molecule has 0 rings (SSSR count). The predicted molar refractivity (Wildman–Crippen MR) is 37.9 cm³/mol. The summed E-state index contributed by atoms with van der Waals surface area (Å²) in [5.41, 5.74) is 0.729. The van der Waals surface area contributed by atoms with Crippen LogP contribution in [0.25, 0.3) is 0 Å². The van der Waals surface area contributed by atoms with Gasteiger partial charge < -0.3 is 5.21 Å². The average molecular weight is 180 g/mol. The Balaban J connectivity index is 3.63. The molecule has 0 aliphatic rings. The summed E-state index contributed by atoms with van der Waals surface area (Å²) in [5, 5.41) is 11.2. The number of alkyl halides is 1. The van der Waals surface area contributed by atoms with E-state index >= 15 is 0 Å². The molecule has 1 N–H and O–H groups in total. The van der Waals surface area contributed by atoms with Crippen LogP contribution in [-0.2, 0) is 0 Å². The lowest BCUT2D eigenvalue weighted by atomic mass is 10.2. The Morgan fingerprint density at radius 1 is 1.88 bits per heavy atom. The first-order valence-corrected chi connectivity index (χ1v) is 3.46. The number of hydrogen-bond donors (Lipinski definition) is 1. The number of halogens is 1. The van der Waals surface area contributed by atoms with Crippen LogP contribution in [0.3, 0.4) is 0 Å². The molecule has 0 fully saturated rings. The highest BCUT2D eigenvalue weighted by molar-refractivity contribution is 9.10. The van der Waals surface area contributed by atoms with Crippen LogP contribution in [0.5, 0.6) is 0 Å². The smallest absolute Gasteiger partial charge is 0.0675 e. The molecular formula is C5H10BrNO. The van der Waals surface area contributed by atoms with Crippen LogP contribution in [0.1, 0.15) is 20.3 Å². The Morgan fingerprint density at radius 3 is 2.50 bits per heavy atom. The molecule has 8 heavy (non-hydrogen) atoms. The van der Waals surface area contributed by atoms with Gasteiger partial charge in [0, 0.05) is 0 Å². The molecule has 48 valence electrons. The molecule has 0 aromatic rings. The Bertz CT molecular complexity index is 92.4. The van der Waals surface area contributed by atoms with Crippen LogP contribution < -0.4 is 0 Å². The lowest BCUT2D eigenvalue weighted by Gasteiger charge is -2.00. The van der Waals surface area contributed by atoms with Crippen molar-refractivity contribution in [2.24, 2.45) is 5.16 Å². The standard InChI is InChI=1S/C5H10BrNO/c1-3-5(6)4(2)7-8/h5,8H,3H2,1-2H3/b7-4+. The lowest BCUT2D eigenvalue weighted by Crippen LogP contribution is -2.07. The third kappa shape index (κ3) is 2.31. The quantitative estimate of drug-likeness (QED) is 0.300. The molecule has 0 saturated carbocycles. The summed E-state index contributed by atoms with van der Waals surface area (Å²) in [4.78, 5) is 0.229. The molecule has 0 aliphatic carbocycles. The molecule has 1 atom stereocenters. The molecule has 0 spiro atoms. The van der Waals surface area contributed by atoms with E-state index in [-0.39, 0.29) is 4.83 Å². The second kappa shape index (κ2) is 3.89. The van der Waals surface area contributed by atoms with Gasteiger partial charge in [-0.2, -0.15) is 0 Å². The van der Waals surface area contributed by atoms with Crippen LogP contribution in [0.2, 0.25) is 0 Å². The number of oxime groups is 1. The molecular weight excluding hydrogens is 170 g/mol. The first-order valence-electron chi connectivity index (χ1n) is 2.55. The minimum Gasteiger partial charge on any atom is -0.411 e. The Kier molecular flexibility index (Phi) is 3.87. The van der Waals surface area contributed by atoms with Crippen molar-refractivity contribution in [2.45, 2.75) is 25.1 Å². The van der Waals surface area contributed by atoms with E-state index in [0.717, 1.165) is 12.1 Å². The van der Waals surface area contributed by atoms with Gasteiger partial charge in [-0.15, -0.1) is 0 Å². The zero-order chi connectivity index (χ0) is 6.57. The highest BCUT2D eigenvalue weighted by Crippen LogP contribution is 2.05. The summed E-state index contributed by atoms with van der Waals surface area (Å²) in [7, 11) is 0. The van der Waals surface area contributed by atoms with Gasteiger partial charge in [0.15, 0.2) is 0 Å². The topological polar surface area (TPSA) is 32.6 Å². The summed E-state index contributed by atoms with van der Waals surface area (Å²) in [5.74, 6) is 0. The van der Waals surface area contributed by atoms with E-state index in [0.29, 0.717) is 0 Å². The van der Waals surface area contributed by atoms with Gasteiger partial charge in [0.05, 0.1) is 10.5 Å². The molecule has 1 unspecified atom stereocenters.